The van der Waals surface area contributed by atoms with Gasteiger partial charge >= 0.3 is 90.2 Å². The molecular formula is C9H21CrN3+. The van der Waals surface area contributed by atoms with Crippen molar-refractivity contribution < 1.29 is 20.0 Å². The fourth-order valence-corrected chi connectivity index (χ4v) is 2.26. The van der Waals surface area contributed by atoms with E-state index in [2.05, 4.69) is 47.1 Å². The third-order valence-electron chi connectivity index (χ3n) is 2.79. The molecule has 3 nitrogen and oxygen atoms in total. The molecule has 0 aromatic rings. The van der Waals surface area contributed by atoms with Crippen molar-refractivity contribution in [3.8, 4) is 0 Å². The summed E-state index contributed by atoms with van der Waals surface area (Å²) < 4.78 is 1.04. The average Bonchev–Trinajstić information content (AvgIpc) is 2.17. The Morgan fingerprint density at radius 2 is 1.54 bits per heavy atom. The molecule has 0 unspecified atom stereocenters. The topological polar surface area (TPSA) is 6.48 Å². The van der Waals surface area contributed by atoms with E-state index < -0.39 is 0 Å². The van der Waals surface area contributed by atoms with Crippen molar-refractivity contribution in [2.24, 2.45) is 0 Å². The number of quaternary nitrogens is 1. The van der Waals surface area contributed by atoms with Crippen molar-refractivity contribution in [1.29, 1.82) is 0 Å². The maximum atomic E-state index is 3.32. The van der Waals surface area contributed by atoms with E-state index in [9.17, 15) is 0 Å². The molecule has 0 aromatic heterocycles. The van der Waals surface area contributed by atoms with Gasteiger partial charge in [0.25, 0.3) is 0 Å². The Morgan fingerprint density at radius 3 is 1.85 bits per heavy atom. The van der Waals surface area contributed by atoms with Crippen molar-refractivity contribution >= 4 is 0 Å². The first kappa shape index (κ1) is 11.5. The summed E-state index contributed by atoms with van der Waals surface area (Å²) in [4.78, 5) is 4.99. The fourth-order valence-electron chi connectivity index (χ4n) is 1.75. The molecule has 1 heterocycles. The summed E-state index contributed by atoms with van der Waals surface area (Å²) in [5.41, 5.74) is 0. The summed E-state index contributed by atoms with van der Waals surface area (Å²) in [6, 6.07) is 0. The fraction of sp³-hybridized carbons (Fsp3) is 1.00. The first-order valence-electron chi connectivity index (χ1n) is 5.15. The molecule has 77 valence electrons. The average molecular weight is 223 g/mol. The summed E-state index contributed by atoms with van der Waals surface area (Å²) in [6.45, 7) is 13.6. The van der Waals surface area contributed by atoms with Crippen LogP contribution in [0.1, 0.15) is 20.8 Å². The van der Waals surface area contributed by atoms with E-state index in [4.69, 9.17) is 0 Å². The van der Waals surface area contributed by atoms with Crippen molar-refractivity contribution in [2.75, 3.05) is 39.6 Å². The van der Waals surface area contributed by atoms with E-state index in [0.717, 1.165) is 36.6 Å². The molecule has 0 saturated carbocycles. The number of hydrogen-bond acceptors (Lipinski definition) is 2. The van der Waals surface area contributed by atoms with E-state index >= 15 is 0 Å². The van der Waals surface area contributed by atoms with Gasteiger partial charge in [0, 0.05) is 0 Å². The van der Waals surface area contributed by atoms with Crippen LogP contribution in [0.15, 0.2) is 0 Å². The van der Waals surface area contributed by atoms with Gasteiger partial charge in [-0.05, 0) is 0 Å². The van der Waals surface area contributed by atoms with E-state index in [1.807, 2.05) is 0 Å². The number of hydrogen-bond donors (Lipinski definition) is 0. The van der Waals surface area contributed by atoms with Crippen LogP contribution in [0.3, 0.4) is 0 Å². The minimum absolute atomic E-state index is 1.04. The molecule has 0 amide bonds. The minimum atomic E-state index is 1.04. The molecule has 13 heavy (non-hydrogen) atoms. The normalized spacial score (nSPS) is 24.8. The van der Waals surface area contributed by atoms with Gasteiger partial charge in [-0.3, -0.25) is 0 Å². The zero-order valence-electron chi connectivity index (χ0n) is 8.99. The molecule has 0 atom stereocenters. The second-order valence-corrected chi connectivity index (χ2v) is 4.98. The molecule has 0 aromatic carbocycles. The molecular weight excluding hydrogens is 202 g/mol. The van der Waals surface area contributed by atoms with Crippen molar-refractivity contribution in [2.45, 2.75) is 20.8 Å². The summed E-state index contributed by atoms with van der Waals surface area (Å²) in [5.74, 6) is 0. The Balaban J connectivity index is 2.59. The van der Waals surface area contributed by atoms with Crippen LogP contribution in [-0.4, -0.2) is 52.9 Å². The third-order valence-corrected chi connectivity index (χ3v) is 3.55. The SMILES string of the molecule is CCN1CN(CC)C[N+]([Cr])(CC)C1. The van der Waals surface area contributed by atoms with Crippen LogP contribution in [0, 0.1) is 0 Å². The molecule has 1 rings (SSSR count). The van der Waals surface area contributed by atoms with E-state index in [-0.39, 0.29) is 0 Å². The first-order chi connectivity index (χ1) is 6.13. The van der Waals surface area contributed by atoms with Gasteiger partial charge in [0.2, 0.25) is 0 Å². The molecule has 1 fully saturated rings. The number of rotatable bonds is 3. The van der Waals surface area contributed by atoms with Crippen LogP contribution in [0.5, 0.6) is 0 Å². The first-order valence-corrected chi connectivity index (χ1v) is 5.72. The second-order valence-electron chi connectivity index (χ2n) is 3.77. The summed E-state index contributed by atoms with van der Waals surface area (Å²) >= 11 is 3.32. The number of nitrogens with zero attached hydrogens (tertiary/aromatic N) is 3. The quantitative estimate of drug-likeness (QED) is 0.699. The van der Waals surface area contributed by atoms with Gasteiger partial charge < -0.3 is 0 Å². The Labute approximate surface area is 90.5 Å². The van der Waals surface area contributed by atoms with Crippen LogP contribution in [0.4, 0.5) is 0 Å². The van der Waals surface area contributed by atoms with Crippen molar-refractivity contribution in [3.05, 3.63) is 0 Å². The van der Waals surface area contributed by atoms with Gasteiger partial charge in [-0.25, -0.2) is 0 Å². The molecule has 0 spiro atoms. The Bertz CT molecular complexity index is 151. The van der Waals surface area contributed by atoms with Gasteiger partial charge in [-0.1, -0.05) is 0 Å². The van der Waals surface area contributed by atoms with Crippen LogP contribution in [0.2, 0.25) is 0 Å². The zero-order chi connectivity index (χ0) is 9.90. The predicted molar refractivity (Wildman–Crippen MR) is 50.2 cm³/mol. The molecule has 0 aliphatic carbocycles. The maximum absolute atomic E-state index is 3.32. The van der Waals surface area contributed by atoms with Gasteiger partial charge in [0.05, 0.1) is 0 Å². The predicted octanol–water partition coefficient (Wildman–Crippen LogP) is 0.815. The monoisotopic (exact) mass is 223 g/mol. The molecule has 0 N–H and O–H groups in total. The van der Waals surface area contributed by atoms with Gasteiger partial charge in [-0.2, -0.15) is 0 Å². The zero-order valence-corrected chi connectivity index (χ0v) is 10.3. The second kappa shape index (κ2) is 4.77. The Kier molecular flexibility index (Phi) is 4.21. The molecule has 1 aliphatic rings. The molecule has 4 heteroatoms. The molecule has 1 saturated heterocycles. The van der Waals surface area contributed by atoms with E-state index in [1.54, 1.807) is 0 Å². The van der Waals surface area contributed by atoms with E-state index in [0.29, 0.717) is 0 Å². The summed E-state index contributed by atoms with van der Waals surface area (Å²) in [6.07, 6.45) is 0. The molecule has 0 radical (unpaired) electrons. The van der Waals surface area contributed by atoms with Gasteiger partial charge in [0.15, 0.2) is 0 Å². The standard InChI is InChI=1S/C9H21N3.Cr/c1-4-10-7-11(5-2)9-12(6-3)8-10;/h4-9H2,1-3H3;/q;+1. The van der Waals surface area contributed by atoms with Crippen LogP contribution < -0.4 is 0 Å². The van der Waals surface area contributed by atoms with Gasteiger partial charge in [-0.15, -0.1) is 0 Å². The Morgan fingerprint density at radius 1 is 1.08 bits per heavy atom. The van der Waals surface area contributed by atoms with Crippen LogP contribution >= 0.6 is 0 Å². The van der Waals surface area contributed by atoms with Crippen LogP contribution in [0.25, 0.3) is 0 Å². The Hall–Kier alpha value is 0.412. The van der Waals surface area contributed by atoms with Crippen molar-refractivity contribution in [1.82, 2.24) is 9.80 Å². The molecule has 1 aliphatic heterocycles. The van der Waals surface area contributed by atoms with Crippen molar-refractivity contribution in [3.63, 3.8) is 0 Å². The third kappa shape index (κ3) is 2.94. The van der Waals surface area contributed by atoms with Gasteiger partial charge in [0.1, 0.15) is 0 Å². The summed E-state index contributed by atoms with van der Waals surface area (Å²) in [7, 11) is 0. The summed E-state index contributed by atoms with van der Waals surface area (Å²) in [5, 5.41) is 0. The van der Waals surface area contributed by atoms with E-state index in [1.165, 1.54) is 6.54 Å². The molecule has 0 bridgehead atoms. The van der Waals surface area contributed by atoms with Crippen LogP contribution in [-0.2, 0) is 16.5 Å².